The summed E-state index contributed by atoms with van der Waals surface area (Å²) in [5, 5.41) is 11.5. The second-order valence-corrected chi connectivity index (χ2v) is 9.82. The van der Waals surface area contributed by atoms with Crippen LogP contribution >= 0.6 is 0 Å². The Morgan fingerprint density at radius 2 is 1.90 bits per heavy atom. The molecule has 0 radical (unpaired) electrons. The van der Waals surface area contributed by atoms with Crippen LogP contribution in [0.3, 0.4) is 0 Å². The van der Waals surface area contributed by atoms with Crippen molar-refractivity contribution in [3.63, 3.8) is 0 Å². The van der Waals surface area contributed by atoms with Crippen molar-refractivity contribution in [2.24, 2.45) is 13.0 Å². The minimum Gasteiger partial charge on any atom is -0.496 e. The number of pyridine rings is 1. The van der Waals surface area contributed by atoms with Gasteiger partial charge in [0.05, 0.1) is 26.0 Å². The topological polar surface area (TPSA) is 117 Å². The molecule has 1 saturated heterocycles. The van der Waals surface area contributed by atoms with E-state index in [1.807, 2.05) is 31.3 Å². The molecule has 1 atom stereocenters. The van der Waals surface area contributed by atoms with Crippen LogP contribution in [0.2, 0.25) is 0 Å². The third-order valence-electron chi connectivity index (χ3n) is 7.61. The van der Waals surface area contributed by atoms with Crippen LogP contribution in [0.15, 0.2) is 54.7 Å². The van der Waals surface area contributed by atoms with Crippen LogP contribution in [-0.4, -0.2) is 59.2 Å². The number of ether oxygens (including phenoxy) is 3. The summed E-state index contributed by atoms with van der Waals surface area (Å²) in [5.41, 5.74) is 0.700. The van der Waals surface area contributed by atoms with Crippen molar-refractivity contribution >= 4 is 34.0 Å². The predicted molar refractivity (Wildman–Crippen MR) is 145 cm³/mol. The number of nitrogens with zero attached hydrogens (tertiary/aromatic N) is 3. The van der Waals surface area contributed by atoms with Gasteiger partial charge in [-0.15, -0.1) is 0 Å². The number of piperidine rings is 1. The second kappa shape index (κ2) is 9.70. The fourth-order valence-corrected chi connectivity index (χ4v) is 5.60. The van der Waals surface area contributed by atoms with Gasteiger partial charge in [0.25, 0.3) is 0 Å². The van der Waals surface area contributed by atoms with Crippen LogP contribution in [0.1, 0.15) is 33.7 Å². The van der Waals surface area contributed by atoms with Crippen molar-refractivity contribution in [3.05, 3.63) is 66.0 Å². The standard InChI is InChI=1S/C29H29N5O5/c1-34-24(9-12-31-34)32-17-7-8-21-19(15-17)27(35)25(29(39-21)10-13-30-14-11-29)28(36)20-16-23(38-3)18-5-4-6-22(37-2)26(18)33-20/h4-9,12,15-16,25,30,32H,10-11,13-14H2,1-3H3/t25-/m1/s1. The molecule has 10 nitrogen and oxygen atoms in total. The quantitative estimate of drug-likeness (QED) is 0.284. The summed E-state index contributed by atoms with van der Waals surface area (Å²) in [4.78, 5) is 33.2. The van der Waals surface area contributed by atoms with Crippen LogP contribution < -0.4 is 24.8 Å². The fraction of sp³-hybridized carbons (Fsp3) is 0.310. The van der Waals surface area contributed by atoms with E-state index in [9.17, 15) is 9.59 Å². The minimum atomic E-state index is -1.07. The van der Waals surface area contributed by atoms with Crippen LogP contribution in [0.4, 0.5) is 11.5 Å². The van der Waals surface area contributed by atoms with E-state index in [1.165, 1.54) is 0 Å². The summed E-state index contributed by atoms with van der Waals surface area (Å²) in [6, 6.07) is 14.3. The number of carbonyl (C=O) groups is 2. The molecule has 0 amide bonds. The summed E-state index contributed by atoms with van der Waals surface area (Å²) in [7, 11) is 4.91. The van der Waals surface area contributed by atoms with Crippen molar-refractivity contribution < 1.29 is 23.8 Å². The zero-order valence-electron chi connectivity index (χ0n) is 22.0. The lowest BCUT2D eigenvalue weighted by Crippen LogP contribution is -2.58. The van der Waals surface area contributed by atoms with E-state index in [0.717, 1.165) is 5.82 Å². The molecule has 10 heteroatoms. The molecule has 0 unspecified atom stereocenters. The lowest BCUT2D eigenvalue weighted by Gasteiger charge is -2.45. The van der Waals surface area contributed by atoms with Crippen LogP contribution in [0, 0.1) is 5.92 Å². The lowest BCUT2D eigenvalue weighted by atomic mass is 9.71. The van der Waals surface area contributed by atoms with Gasteiger partial charge in [-0.05, 0) is 43.4 Å². The van der Waals surface area contributed by atoms with Crippen LogP contribution in [0.5, 0.6) is 17.2 Å². The molecule has 1 fully saturated rings. The Bertz CT molecular complexity index is 1590. The molecule has 2 aromatic heterocycles. The minimum absolute atomic E-state index is 0.135. The van der Waals surface area contributed by atoms with E-state index in [4.69, 9.17) is 14.2 Å². The molecule has 2 aliphatic heterocycles. The first-order valence-electron chi connectivity index (χ1n) is 12.8. The molecule has 0 bridgehead atoms. The Balaban J connectivity index is 1.45. The molecule has 0 aliphatic carbocycles. The number of carbonyl (C=O) groups excluding carboxylic acids is 2. The molecule has 0 saturated carbocycles. The van der Waals surface area contributed by atoms with Gasteiger partial charge in [-0.2, -0.15) is 5.10 Å². The number of Topliss-reactive ketones (excluding diaryl/α,β-unsaturated/α-hetero) is 2. The number of benzene rings is 2. The van der Waals surface area contributed by atoms with Crippen LogP contribution in [0.25, 0.3) is 10.9 Å². The van der Waals surface area contributed by atoms with Gasteiger partial charge >= 0.3 is 0 Å². The largest absolute Gasteiger partial charge is 0.496 e. The van der Waals surface area contributed by atoms with Crippen molar-refractivity contribution in [1.29, 1.82) is 0 Å². The number of para-hydroxylation sites is 1. The van der Waals surface area contributed by atoms with E-state index >= 15 is 0 Å². The molecule has 4 aromatic rings. The molecule has 39 heavy (non-hydrogen) atoms. The maximum atomic E-state index is 14.3. The first-order chi connectivity index (χ1) is 18.9. The van der Waals surface area contributed by atoms with E-state index < -0.39 is 17.3 Å². The number of rotatable bonds is 6. The van der Waals surface area contributed by atoms with E-state index in [2.05, 4.69) is 20.7 Å². The Morgan fingerprint density at radius 1 is 1.10 bits per heavy atom. The monoisotopic (exact) mass is 527 g/mol. The van der Waals surface area contributed by atoms with Gasteiger partial charge in [-0.3, -0.25) is 14.3 Å². The van der Waals surface area contributed by atoms with Gasteiger partial charge in [0, 0.05) is 43.1 Å². The Kier molecular flexibility index (Phi) is 6.19. The first-order valence-corrected chi connectivity index (χ1v) is 12.8. The van der Waals surface area contributed by atoms with Gasteiger partial charge in [0.2, 0.25) is 0 Å². The molecular formula is C29H29N5O5. The summed E-state index contributed by atoms with van der Waals surface area (Å²) < 4.78 is 19.4. The number of ketones is 2. The first kappa shape index (κ1) is 24.9. The average Bonchev–Trinajstić information content (AvgIpc) is 3.36. The van der Waals surface area contributed by atoms with E-state index in [-0.39, 0.29) is 11.5 Å². The zero-order chi connectivity index (χ0) is 27.1. The molecular weight excluding hydrogens is 498 g/mol. The van der Waals surface area contributed by atoms with Crippen LogP contribution in [-0.2, 0) is 7.05 Å². The maximum absolute atomic E-state index is 14.3. The molecule has 6 rings (SSSR count). The highest BCUT2D eigenvalue weighted by molar-refractivity contribution is 6.19. The maximum Gasteiger partial charge on any atom is 0.196 e. The van der Waals surface area contributed by atoms with Gasteiger partial charge < -0.3 is 24.8 Å². The van der Waals surface area contributed by atoms with Gasteiger partial charge in [0.1, 0.15) is 45.8 Å². The SMILES string of the molecule is COc1cc(C(=O)[C@H]2C(=O)c3cc(Nc4ccnn4C)ccc3OC23CCNCC3)nc2c(OC)cccc12. The third kappa shape index (κ3) is 4.17. The molecule has 4 heterocycles. The highest BCUT2D eigenvalue weighted by Gasteiger charge is 2.54. The normalized spacial score (nSPS) is 17.9. The zero-order valence-corrected chi connectivity index (χ0v) is 22.0. The Labute approximate surface area is 225 Å². The lowest BCUT2D eigenvalue weighted by molar-refractivity contribution is -0.0139. The molecule has 200 valence electrons. The molecule has 1 spiro atoms. The smallest absolute Gasteiger partial charge is 0.196 e. The number of hydrogen-bond donors (Lipinski definition) is 2. The van der Waals surface area contributed by atoms with Crippen molar-refractivity contribution in [2.45, 2.75) is 18.4 Å². The van der Waals surface area contributed by atoms with Crippen molar-refractivity contribution in [1.82, 2.24) is 20.1 Å². The summed E-state index contributed by atoms with van der Waals surface area (Å²) in [6.07, 6.45) is 2.71. The Morgan fingerprint density at radius 3 is 2.62 bits per heavy atom. The van der Waals surface area contributed by atoms with Gasteiger partial charge in [-0.25, -0.2) is 4.98 Å². The number of anilines is 2. The summed E-state index contributed by atoms with van der Waals surface area (Å²) in [6.45, 7) is 1.27. The molecule has 2 aromatic carbocycles. The predicted octanol–water partition coefficient (Wildman–Crippen LogP) is 3.93. The number of aromatic nitrogens is 3. The Hall–Kier alpha value is -4.44. The van der Waals surface area contributed by atoms with Crippen molar-refractivity contribution in [2.75, 3.05) is 32.6 Å². The van der Waals surface area contributed by atoms with E-state index in [1.54, 1.807) is 49.4 Å². The second-order valence-electron chi connectivity index (χ2n) is 9.82. The van der Waals surface area contributed by atoms with Gasteiger partial charge in [-0.1, -0.05) is 6.07 Å². The molecule has 2 N–H and O–H groups in total. The summed E-state index contributed by atoms with van der Waals surface area (Å²) in [5.74, 6) is 0.494. The number of hydrogen-bond acceptors (Lipinski definition) is 9. The third-order valence-corrected chi connectivity index (χ3v) is 7.61. The average molecular weight is 528 g/mol. The number of fused-ring (bicyclic) bond motifs is 2. The van der Waals surface area contributed by atoms with Gasteiger partial charge in [0.15, 0.2) is 11.6 Å². The summed E-state index contributed by atoms with van der Waals surface area (Å²) >= 11 is 0. The van der Waals surface area contributed by atoms with Crippen molar-refractivity contribution in [3.8, 4) is 17.2 Å². The number of aryl methyl sites for hydroxylation is 1. The highest BCUT2D eigenvalue weighted by atomic mass is 16.5. The fourth-order valence-electron chi connectivity index (χ4n) is 5.60. The highest BCUT2D eigenvalue weighted by Crippen LogP contribution is 2.45. The number of nitrogens with one attached hydrogen (secondary N) is 2. The molecule has 2 aliphatic rings. The number of methoxy groups -OCH3 is 2. The van der Waals surface area contributed by atoms with E-state index in [0.29, 0.717) is 65.3 Å².